The standard InChI is InChI=1S/C14H22N4O.CH5N/c1-10(2)11-5-8-19-12-13(17-11)15-9-16-14(12)18-6-3-4-7-18;1-2/h9-11H,3-8H2,1-2H3,(H,15,16,17);2H2,1H3. The molecule has 0 amide bonds. The Morgan fingerprint density at radius 3 is 2.67 bits per heavy atom. The van der Waals surface area contributed by atoms with Crippen LogP contribution in [-0.2, 0) is 0 Å². The minimum atomic E-state index is 0.419. The third kappa shape index (κ3) is 3.56. The number of aromatic nitrogens is 2. The summed E-state index contributed by atoms with van der Waals surface area (Å²) >= 11 is 0. The highest BCUT2D eigenvalue weighted by Crippen LogP contribution is 2.36. The first-order chi connectivity index (χ1) is 10.3. The van der Waals surface area contributed by atoms with Crippen molar-refractivity contribution in [3.8, 4) is 5.75 Å². The van der Waals surface area contributed by atoms with Gasteiger partial charge in [0.05, 0.1) is 6.61 Å². The molecule has 0 saturated carbocycles. The van der Waals surface area contributed by atoms with E-state index in [2.05, 4.69) is 39.8 Å². The number of nitrogens with two attached hydrogens (primary N) is 1. The quantitative estimate of drug-likeness (QED) is 0.867. The van der Waals surface area contributed by atoms with Crippen LogP contribution in [0, 0.1) is 5.92 Å². The van der Waals surface area contributed by atoms with E-state index in [4.69, 9.17) is 4.74 Å². The molecular weight excluding hydrogens is 266 g/mol. The number of hydrogen-bond donors (Lipinski definition) is 2. The molecule has 0 aromatic carbocycles. The largest absolute Gasteiger partial charge is 0.486 e. The molecule has 0 radical (unpaired) electrons. The average molecular weight is 293 g/mol. The molecule has 6 nitrogen and oxygen atoms in total. The van der Waals surface area contributed by atoms with Gasteiger partial charge in [0.2, 0.25) is 5.75 Å². The smallest absolute Gasteiger partial charge is 0.204 e. The molecule has 0 aliphatic carbocycles. The van der Waals surface area contributed by atoms with Crippen molar-refractivity contribution in [2.45, 2.75) is 39.2 Å². The van der Waals surface area contributed by atoms with Gasteiger partial charge in [-0.1, -0.05) is 13.8 Å². The second-order valence-electron chi connectivity index (χ2n) is 5.70. The van der Waals surface area contributed by atoms with Gasteiger partial charge in [0.15, 0.2) is 11.6 Å². The molecule has 1 aromatic rings. The highest BCUT2D eigenvalue weighted by Gasteiger charge is 2.26. The number of ether oxygens (including phenoxy) is 1. The first kappa shape index (κ1) is 15.8. The number of hydrogen-bond acceptors (Lipinski definition) is 6. The molecule has 21 heavy (non-hydrogen) atoms. The van der Waals surface area contributed by atoms with Crippen LogP contribution in [0.25, 0.3) is 0 Å². The molecule has 1 atom stereocenters. The van der Waals surface area contributed by atoms with Gasteiger partial charge < -0.3 is 20.7 Å². The lowest BCUT2D eigenvalue weighted by Gasteiger charge is -2.21. The van der Waals surface area contributed by atoms with Crippen LogP contribution in [0.2, 0.25) is 0 Å². The molecule has 118 valence electrons. The van der Waals surface area contributed by atoms with E-state index in [-0.39, 0.29) is 0 Å². The van der Waals surface area contributed by atoms with Crippen LogP contribution in [0.4, 0.5) is 11.6 Å². The number of fused-ring (bicyclic) bond motifs is 1. The van der Waals surface area contributed by atoms with Gasteiger partial charge in [-0.25, -0.2) is 9.97 Å². The van der Waals surface area contributed by atoms with Gasteiger partial charge in [0.1, 0.15) is 6.33 Å². The van der Waals surface area contributed by atoms with Crippen molar-refractivity contribution in [3.63, 3.8) is 0 Å². The van der Waals surface area contributed by atoms with Crippen LogP contribution in [-0.4, -0.2) is 42.8 Å². The Bertz CT molecular complexity index is 446. The summed E-state index contributed by atoms with van der Waals surface area (Å²) in [7, 11) is 1.50. The van der Waals surface area contributed by atoms with Crippen molar-refractivity contribution in [1.29, 1.82) is 0 Å². The molecule has 2 aliphatic heterocycles. The van der Waals surface area contributed by atoms with E-state index < -0.39 is 0 Å². The summed E-state index contributed by atoms with van der Waals surface area (Å²) in [6, 6.07) is 0.419. The second-order valence-corrected chi connectivity index (χ2v) is 5.70. The predicted octanol–water partition coefficient (Wildman–Crippen LogP) is 1.87. The zero-order valence-electron chi connectivity index (χ0n) is 13.3. The van der Waals surface area contributed by atoms with Crippen molar-refractivity contribution in [3.05, 3.63) is 6.33 Å². The molecule has 2 aliphatic rings. The molecule has 3 N–H and O–H groups in total. The van der Waals surface area contributed by atoms with Crippen LogP contribution < -0.4 is 20.7 Å². The fourth-order valence-electron chi connectivity index (χ4n) is 2.79. The van der Waals surface area contributed by atoms with Crippen LogP contribution >= 0.6 is 0 Å². The molecule has 1 saturated heterocycles. The topological polar surface area (TPSA) is 76.3 Å². The van der Waals surface area contributed by atoms with E-state index in [1.807, 2.05) is 0 Å². The lowest BCUT2D eigenvalue weighted by atomic mass is 10.0. The van der Waals surface area contributed by atoms with Crippen molar-refractivity contribution >= 4 is 11.6 Å². The summed E-state index contributed by atoms with van der Waals surface area (Å²) < 4.78 is 5.94. The van der Waals surface area contributed by atoms with Crippen molar-refractivity contribution in [2.24, 2.45) is 11.7 Å². The third-order valence-electron chi connectivity index (χ3n) is 3.99. The molecule has 0 bridgehead atoms. The maximum absolute atomic E-state index is 5.94. The highest BCUT2D eigenvalue weighted by molar-refractivity contribution is 5.65. The summed E-state index contributed by atoms with van der Waals surface area (Å²) in [5.41, 5.74) is 4.50. The van der Waals surface area contributed by atoms with Gasteiger partial charge in [-0.2, -0.15) is 0 Å². The molecule has 6 heteroatoms. The lowest BCUT2D eigenvalue weighted by Crippen LogP contribution is -2.26. The normalized spacial score (nSPS) is 20.8. The zero-order valence-corrected chi connectivity index (χ0v) is 13.3. The van der Waals surface area contributed by atoms with Gasteiger partial charge in [0, 0.05) is 25.6 Å². The first-order valence-electron chi connectivity index (χ1n) is 7.82. The lowest BCUT2D eigenvalue weighted by molar-refractivity contribution is 0.300. The summed E-state index contributed by atoms with van der Waals surface area (Å²) in [5.74, 6) is 3.22. The Hall–Kier alpha value is -1.56. The van der Waals surface area contributed by atoms with Crippen LogP contribution in [0.3, 0.4) is 0 Å². The fraction of sp³-hybridized carbons (Fsp3) is 0.733. The monoisotopic (exact) mass is 293 g/mol. The minimum Gasteiger partial charge on any atom is -0.486 e. The molecule has 3 heterocycles. The van der Waals surface area contributed by atoms with Gasteiger partial charge in [-0.3, -0.25) is 0 Å². The van der Waals surface area contributed by atoms with E-state index in [1.165, 1.54) is 19.9 Å². The first-order valence-corrected chi connectivity index (χ1v) is 7.82. The zero-order chi connectivity index (χ0) is 15.2. The van der Waals surface area contributed by atoms with E-state index in [0.29, 0.717) is 12.0 Å². The molecule has 3 rings (SSSR count). The Kier molecular flexibility index (Phi) is 5.61. The van der Waals surface area contributed by atoms with Crippen molar-refractivity contribution in [2.75, 3.05) is 37.0 Å². The molecule has 0 spiro atoms. The summed E-state index contributed by atoms with van der Waals surface area (Å²) in [6.45, 7) is 7.33. The minimum absolute atomic E-state index is 0.419. The number of nitrogens with zero attached hydrogens (tertiary/aromatic N) is 3. The third-order valence-corrected chi connectivity index (χ3v) is 3.99. The Morgan fingerprint density at radius 2 is 2.00 bits per heavy atom. The van der Waals surface area contributed by atoms with E-state index in [0.717, 1.165) is 43.5 Å². The van der Waals surface area contributed by atoms with Crippen LogP contribution in [0.5, 0.6) is 5.75 Å². The number of rotatable bonds is 2. The number of nitrogens with one attached hydrogen (secondary N) is 1. The second kappa shape index (κ2) is 7.45. The average Bonchev–Trinajstić information content (AvgIpc) is 2.94. The molecule has 1 aromatic heterocycles. The summed E-state index contributed by atoms with van der Waals surface area (Å²) in [4.78, 5) is 11.1. The van der Waals surface area contributed by atoms with Crippen molar-refractivity contribution < 1.29 is 4.74 Å². The van der Waals surface area contributed by atoms with E-state index >= 15 is 0 Å². The Morgan fingerprint density at radius 1 is 1.29 bits per heavy atom. The van der Waals surface area contributed by atoms with E-state index in [1.54, 1.807) is 6.33 Å². The van der Waals surface area contributed by atoms with E-state index in [9.17, 15) is 0 Å². The maximum Gasteiger partial charge on any atom is 0.204 e. The fourth-order valence-corrected chi connectivity index (χ4v) is 2.79. The molecular formula is C15H27N5O. The SMILES string of the molecule is CC(C)C1CCOc2c(ncnc2N2CCCC2)N1.CN. The summed E-state index contributed by atoms with van der Waals surface area (Å²) in [6.07, 6.45) is 5.13. The van der Waals surface area contributed by atoms with Gasteiger partial charge in [-0.15, -0.1) is 0 Å². The predicted molar refractivity (Wildman–Crippen MR) is 86.0 cm³/mol. The van der Waals surface area contributed by atoms with Gasteiger partial charge in [-0.05, 0) is 25.8 Å². The molecule has 1 unspecified atom stereocenters. The van der Waals surface area contributed by atoms with Crippen LogP contribution in [0.1, 0.15) is 33.1 Å². The van der Waals surface area contributed by atoms with Gasteiger partial charge in [0.25, 0.3) is 0 Å². The van der Waals surface area contributed by atoms with Crippen LogP contribution in [0.15, 0.2) is 6.33 Å². The maximum atomic E-state index is 5.94. The Labute approximate surface area is 127 Å². The van der Waals surface area contributed by atoms with Gasteiger partial charge >= 0.3 is 0 Å². The van der Waals surface area contributed by atoms with Crippen molar-refractivity contribution in [1.82, 2.24) is 9.97 Å². The molecule has 1 fully saturated rings. The highest BCUT2D eigenvalue weighted by atomic mass is 16.5. The number of anilines is 2. The summed E-state index contributed by atoms with van der Waals surface area (Å²) in [5, 5.41) is 3.52. The Balaban J connectivity index is 0.000000774.